The number of aliphatic hydroxyl groups is 1. The Labute approximate surface area is 191 Å². The Kier molecular flexibility index (Phi) is 6.18. The van der Waals surface area contributed by atoms with Crippen LogP contribution in [0.15, 0.2) is 42.5 Å². The fraction of sp³-hybridized carbons (Fsp3) is 0.417. The van der Waals surface area contributed by atoms with E-state index < -0.39 is 28.6 Å². The highest BCUT2D eigenvalue weighted by Gasteiger charge is 2.51. The van der Waals surface area contributed by atoms with Gasteiger partial charge in [0.15, 0.2) is 17.1 Å². The predicted molar refractivity (Wildman–Crippen MR) is 121 cm³/mol. The Morgan fingerprint density at radius 2 is 1.94 bits per heavy atom. The van der Waals surface area contributed by atoms with Gasteiger partial charge < -0.3 is 9.84 Å². The molecule has 0 aromatic heterocycles. The number of likely N-dealkylation sites (tertiary alicyclic amines) is 1. The highest BCUT2D eigenvalue weighted by Crippen LogP contribution is 2.43. The van der Waals surface area contributed by atoms with Gasteiger partial charge in [0.05, 0.1) is 30.8 Å². The van der Waals surface area contributed by atoms with Crippen LogP contribution in [0, 0.1) is 16.0 Å². The van der Waals surface area contributed by atoms with Gasteiger partial charge in [-0.05, 0) is 37.0 Å². The molecule has 0 spiro atoms. The molecule has 0 saturated carbocycles. The molecule has 174 valence electrons. The van der Waals surface area contributed by atoms with Crippen molar-refractivity contribution in [3.05, 3.63) is 63.7 Å². The van der Waals surface area contributed by atoms with Crippen molar-refractivity contribution in [3.8, 4) is 5.75 Å². The molecular formula is C24H27N3O6. The van der Waals surface area contributed by atoms with Gasteiger partial charge in [0.1, 0.15) is 0 Å². The van der Waals surface area contributed by atoms with Gasteiger partial charge >= 0.3 is 5.69 Å². The minimum absolute atomic E-state index is 0.0274. The lowest BCUT2D eigenvalue weighted by Gasteiger charge is -2.34. The first kappa shape index (κ1) is 22.9. The molecule has 0 radical (unpaired) electrons. The average Bonchev–Trinajstić information content (AvgIpc) is 3.01. The topological polar surface area (TPSA) is 113 Å². The number of methoxy groups -OCH3 is 1. The molecule has 2 aliphatic heterocycles. The zero-order valence-electron chi connectivity index (χ0n) is 18.7. The number of carbonyl (C=O) groups is 2. The number of hydrogen-bond donors (Lipinski definition) is 1. The summed E-state index contributed by atoms with van der Waals surface area (Å²) in [5.74, 6) is -0.454. The van der Waals surface area contributed by atoms with E-state index in [2.05, 4.69) is 11.8 Å². The number of para-hydroxylation sites is 1. The minimum Gasteiger partial charge on any atom is -0.490 e. The predicted octanol–water partition coefficient (Wildman–Crippen LogP) is 3.10. The van der Waals surface area contributed by atoms with Gasteiger partial charge in [-0.15, -0.1) is 0 Å². The zero-order chi connectivity index (χ0) is 23.8. The maximum Gasteiger partial charge on any atom is 0.311 e. The number of hydrogen-bond acceptors (Lipinski definition) is 7. The summed E-state index contributed by atoms with van der Waals surface area (Å²) in [4.78, 5) is 40.9. The fourth-order valence-electron chi connectivity index (χ4n) is 4.56. The number of anilines is 1. The number of carbonyl (C=O) groups excluding carboxylic acids is 2. The molecule has 1 N–H and O–H groups in total. The van der Waals surface area contributed by atoms with Crippen LogP contribution in [-0.4, -0.2) is 53.5 Å². The third kappa shape index (κ3) is 4.21. The van der Waals surface area contributed by atoms with Crippen LogP contribution in [0.5, 0.6) is 5.75 Å². The zero-order valence-corrected chi connectivity index (χ0v) is 18.7. The lowest BCUT2D eigenvalue weighted by molar-refractivity contribution is -0.385. The number of nitrogens with zero attached hydrogens (tertiary/aromatic N) is 3. The number of ketones is 1. The Morgan fingerprint density at radius 3 is 2.61 bits per heavy atom. The van der Waals surface area contributed by atoms with Crippen LogP contribution in [0.1, 0.15) is 42.1 Å². The summed E-state index contributed by atoms with van der Waals surface area (Å²) in [6, 6.07) is 10.8. The second kappa shape index (κ2) is 8.92. The molecule has 0 bridgehead atoms. The molecule has 2 heterocycles. The summed E-state index contributed by atoms with van der Waals surface area (Å²) in [6.45, 7) is 4.27. The van der Waals surface area contributed by atoms with E-state index in [9.17, 15) is 24.8 Å². The number of nitro benzene ring substituents is 1. The maximum atomic E-state index is 13.4. The van der Waals surface area contributed by atoms with Crippen LogP contribution in [-0.2, 0) is 10.4 Å². The van der Waals surface area contributed by atoms with Crippen molar-refractivity contribution in [1.82, 2.24) is 4.90 Å². The first-order valence-electron chi connectivity index (χ1n) is 11.0. The molecular weight excluding hydrogens is 426 g/mol. The molecule has 1 atom stereocenters. The van der Waals surface area contributed by atoms with E-state index in [1.54, 1.807) is 24.3 Å². The van der Waals surface area contributed by atoms with Crippen molar-refractivity contribution < 1.29 is 24.4 Å². The summed E-state index contributed by atoms with van der Waals surface area (Å²) in [5, 5.41) is 22.8. The van der Waals surface area contributed by atoms with Gasteiger partial charge in [0, 0.05) is 30.3 Å². The standard InChI is InChI=1S/C24H27N3O6/c1-16-9-11-25(12-10-16)15-26-19-6-4-3-5-18(19)24(30,23(26)29)14-21(28)17-7-8-22(33-2)20(13-17)27(31)32/h3-8,13,16,30H,9-12,14-15H2,1-2H3. The monoisotopic (exact) mass is 453 g/mol. The van der Waals surface area contributed by atoms with E-state index >= 15 is 0 Å². The molecule has 9 heteroatoms. The summed E-state index contributed by atoms with van der Waals surface area (Å²) in [7, 11) is 1.30. The number of piperidine rings is 1. The van der Waals surface area contributed by atoms with Gasteiger partial charge in [0.25, 0.3) is 5.91 Å². The highest BCUT2D eigenvalue weighted by molar-refractivity contribution is 6.10. The van der Waals surface area contributed by atoms with Gasteiger partial charge in [-0.3, -0.25) is 29.5 Å². The highest BCUT2D eigenvalue weighted by atomic mass is 16.6. The number of benzene rings is 2. The Hall–Kier alpha value is -3.30. The lowest BCUT2D eigenvalue weighted by atomic mass is 9.88. The van der Waals surface area contributed by atoms with Gasteiger partial charge in [-0.25, -0.2) is 0 Å². The minimum atomic E-state index is -2.04. The van der Waals surface area contributed by atoms with Gasteiger partial charge in [0.2, 0.25) is 0 Å². The summed E-state index contributed by atoms with van der Waals surface area (Å²) in [6.07, 6.45) is 1.57. The van der Waals surface area contributed by atoms with E-state index in [0.29, 0.717) is 23.8 Å². The van der Waals surface area contributed by atoms with Crippen molar-refractivity contribution in [3.63, 3.8) is 0 Å². The molecule has 2 aromatic carbocycles. The first-order chi connectivity index (χ1) is 15.7. The Balaban J connectivity index is 1.61. The third-order valence-electron chi connectivity index (χ3n) is 6.57. The van der Waals surface area contributed by atoms with E-state index in [1.165, 1.54) is 24.1 Å². The molecule has 33 heavy (non-hydrogen) atoms. The second-order valence-electron chi connectivity index (χ2n) is 8.80. The normalized spacial score (nSPS) is 21.2. The number of amides is 1. The van der Waals surface area contributed by atoms with Gasteiger partial charge in [-0.1, -0.05) is 25.1 Å². The molecule has 1 unspecified atom stereocenters. The van der Waals surface area contributed by atoms with Crippen LogP contribution in [0.4, 0.5) is 11.4 Å². The SMILES string of the molecule is COc1ccc(C(=O)CC2(O)C(=O)N(CN3CCC(C)CC3)c3ccccc32)cc1[N+](=O)[O-]. The molecule has 0 aliphatic carbocycles. The van der Waals surface area contributed by atoms with Crippen molar-refractivity contribution in [2.24, 2.45) is 5.92 Å². The smallest absolute Gasteiger partial charge is 0.311 e. The lowest BCUT2D eigenvalue weighted by Crippen LogP contribution is -2.48. The molecule has 4 rings (SSSR count). The molecule has 1 amide bonds. The summed E-state index contributed by atoms with van der Waals surface area (Å²) < 4.78 is 4.98. The van der Waals surface area contributed by atoms with Crippen molar-refractivity contribution in [2.75, 3.05) is 31.8 Å². The van der Waals surface area contributed by atoms with Crippen LogP contribution in [0.2, 0.25) is 0 Å². The Bertz CT molecular complexity index is 1100. The molecule has 2 aromatic rings. The molecule has 1 saturated heterocycles. The summed E-state index contributed by atoms with van der Waals surface area (Å²) in [5.41, 5.74) is -1.40. The van der Waals surface area contributed by atoms with Crippen molar-refractivity contribution in [1.29, 1.82) is 0 Å². The molecule has 2 aliphatic rings. The van der Waals surface area contributed by atoms with E-state index in [1.807, 2.05) is 0 Å². The second-order valence-corrected chi connectivity index (χ2v) is 8.80. The average molecular weight is 453 g/mol. The van der Waals surface area contributed by atoms with Crippen LogP contribution >= 0.6 is 0 Å². The quantitative estimate of drug-likeness (QED) is 0.389. The van der Waals surface area contributed by atoms with Crippen LogP contribution in [0.25, 0.3) is 0 Å². The van der Waals surface area contributed by atoms with Gasteiger partial charge in [-0.2, -0.15) is 0 Å². The fourth-order valence-corrected chi connectivity index (χ4v) is 4.56. The molecule has 9 nitrogen and oxygen atoms in total. The van der Waals surface area contributed by atoms with Crippen LogP contribution < -0.4 is 9.64 Å². The number of nitro groups is 1. The Morgan fingerprint density at radius 1 is 1.24 bits per heavy atom. The van der Waals surface area contributed by atoms with E-state index in [4.69, 9.17) is 4.74 Å². The van der Waals surface area contributed by atoms with E-state index in [-0.39, 0.29) is 17.0 Å². The number of ether oxygens (including phenoxy) is 1. The van der Waals surface area contributed by atoms with Crippen LogP contribution in [0.3, 0.4) is 0 Å². The third-order valence-corrected chi connectivity index (χ3v) is 6.57. The maximum absolute atomic E-state index is 13.4. The van der Waals surface area contributed by atoms with E-state index in [0.717, 1.165) is 32.0 Å². The number of fused-ring (bicyclic) bond motifs is 1. The number of Topliss-reactive ketones (excluding diaryl/α,β-unsaturated/α-hetero) is 1. The van der Waals surface area contributed by atoms with Crippen molar-refractivity contribution in [2.45, 2.75) is 31.8 Å². The largest absolute Gasteiger partial charge is 0.490 e. The first-order valence-corrected chi connectivity index (χ1v) is 11.0. The van der Waals surface area contributed by atoms with Crippen molar-refractivity contribution >= 4 is 23.1 Å². The number of rotatable bonds is 7. The molecule has 1 fully saturated rings. The summed E-state index contributed by atoms with van der Waals surface area (Å²) >= 11 is 0.